The van der Waals surface area contributed by atoms with Crippen molar-refractivity contribution in [3.63, 3.8) is 0 Å². The number of aryl methyl sites for hydroxylation is 2. The predicted octanol–water partition coefficient (Wildman–Crippen LogP) is 1.35. The van der Waals surface area contributed by atoms with Crippen molar-refractivity contribution in [1.29, 1.82) is 0 Å². The Morgan fingerprint density at radius 1 is 1.45 bits per heavy atom. The first kappa shape index (κ1) is 13.2. The number of nitrogens with one attached hydrogen (secondary N) is 1. The van der Waals surface area contributed by atoms with Gasteiger partial charge in [-0.2, -0.15) is 5.10 Å². The van der Waals surface area contributed by atoms with Crippen molar-refractivity contribution in [2.24, 2.45) is 0 Å². The molecule has 0 spiro atoms. The first-order valence-electron chi connectivity index (χ1n) is 6.86. The minimum atomic E-state index is -0.0986. The summed E-state index contributed by atoms with van der Waals surface area (Å²) in [6, 6.07) is 0. The first-order valence-corrected chi connectivity index (χ1v) is 7.64. The van der Waals surface area contributed by atoms with E-state index in [-0.39, 0.29) is 5.91 Å². The van der Waals surface area contributed by atoms with Gasteiger partial charge < -0.3 is 5.32 Å². The summed E-state index contributed by atoms with van der Waals surface area (Å²) in [4.78, 5) is 12.5. The van der Waals surface area contributed by atoms with Crippen LogP contribution < -0.4 is 5.32 Å². The van der Waals surface area contributed by atoms with Crippen molar-refractivity contribution in [2.45, 2.75) is 39.2 Å². The van der Waals surface area contributed by atoms with E-state index in [1.807, 2.05) is 10.9 Å². The molecule has 0 aliphatic heterocycles. The molecule has 1 N–H and O–H groups in total. The fourth-order valence-electron chi connectivity index (χ4n) is 2.54. The molecule has 2 heterocycles. The topological polar surface area (TPSA) is 72.7 Å². The van der Waals surface area contributed by atoms with Crippen LogP contribution >= 0.6 is 11.5 Å². The van der Waals surface area contributed by atoms with E-state index in [0.717, 1.165) is 24.4 Å². The lowest BCUT2D eigenvalue weighted by Gasteiger charge is -2.14. The zero-order valence-corrected chi connectivity index (χ0v) is 12.2. The average molecular weight is 291 g/mol. The highest BCUT2D eigenvalue weighted by atomic mass is 32.1. The third-order valence-electron chi connectivity index (χ3n) is 3.61. The molecule has 2 aromatic rings. The van der Waals surface area contributed by atoms with Crippen LogP contribution in [0.15, 0.2) is 6.20 Å². The van der Waals surface area contributed by atoms with E-state index in [9.17, 15) is 4.79 Å². The van der Waals surface area contributed by atoms with Gasteiger partial charge in [-0.15, -0.1) is 5.10 Å². The van der Waals surface area contributed by atoms with Crippen LogP contribution in [0.2, 0.25) is 0 Å². The number of fused-ring (bicyclic) bond motifs is 1. The van der Waals surface area contributed by atoms with E-state index in [1.54, 1.807) is 6.92 Å². The van der Waals surface area contributed by atoms with Gasteiger partial charge in [-0.25, -0.2) is 0 Å². The Balaban J connectivity index is 1.57. The minimum absolute atomic E-state index is 0.0986. The molecule has 0 saturated heterocycles. The van der Waals surface area contributed by atoms with Crippen LogP contribution in [0.4, 0.5) is 0 Å². The van der Waals surface area contributed by atoms with Crippen LogP contribution in [0.5, 0.6) is 0 Å². The third-order valence-corrected chi connectivity index (χ3v) is 4.44. The maximum Gasteiger partial charge on any atom is 0.265 e. The van der Waals surface area contributed by atoms with E-state index in [0.29, 0.717) is 23.7 Å². The molecular formula is C13H17N5OS. The Morgan fingerprint density at radius 3 is 3.10 bits per heavy atom. The van der Waals surface area contributed by atoms with Crippen molar-refractivity contribution in [3.05, 3.63) is 28.0 Å². The SMILES string of the molecule is Cc1nnsc1C(=O)NCCn1ncc2c1CCCC2. The number of hydrogen-bond acceptors (Lipinski definition) is 5. The Kier molecular flexibility index (Phi) is 3.77. The normalized spacial score (nSPS) is 14.1. The van der Waals surface area contributed by atoms with Gasteiger partial charge in [0.1, 0.15) is 4.88 Å². The quantitative estimate of drug-likeness (QED) is 0.923. The summed E-state index contributed by atoms with van der Waals surface area (Å²) in [5, 5.41) is 11.2. The second-order valence-electron chi connectivity index (χ2n) is 4.99. The molecule has 106 valence electrons. The van der Waals surface area contributed by atoms with Gasteiger partial charge in [-0.3, -0.25) is 9.48 Å². The van der Waals surface area contributed by atoms with Gasteiger partial charge in [0.2, 0.25) is 0 Å². The van der Waals surface area contributed by atoms with Crippen molar-refractivity contribution in [1.82, 2.24) is 24.7 Å². The van der Waals surface area contributed by atoms with E-state index in [4.69, 9.17) is 0 Å². The summed E-state index contributed by atoms with van der Waals surface area (Å²) >= 11 is 1.13. The Labute approximate surface area is 121 Å². The molecule has 20 heavy (non-hydrogen) atoms. The van der Waals surface area contributed by atoms with Gasteiger partial charge in [0, 0.05) is 12.2 Å². The minimum Gasteiger partial charge on any atom is -0.349 e. The van der Waals surface area contributed by atoms with Gasteiger partial charge in [-0.1, -0.05) is 4.49 Å². The molecule has 1 aliphatic rings. The largest absolute Gasteiger partial charge is 0.349 e. The Hall–Kier alpha value is -1.76. The average Bonchev–Trinajstić information content (AvgIpc) is 3.05. The molecule has 2 aromatic heterocycles. The highest BCUT2D eigenvalue weighted by molar-refractivity contribution is 7.07. The fraction of sp³-hybridized carbons (Fsp3) is 0.538. The summed E-state index contributed by atoms with van der Waals surface area (Å²) in [6.07, 6.45) is 6.69. The lowest BCUT2D eigenvalue weighted by atomic mass is 9.98. The van der Waals surface area contributed by atoms with Gasteiger partial charge in [0.25, 0.3) is 5.91 Å². The van der Waals surface area contributed by atoms with E-state index < -0.39 is 0 Å². The Bertz CT molecular complexity index is 618. The molecule has 7 heteroatoms. The number of rotatable bonds is 4. The van der Waals surface area contributed by atoms with Crippen LogP contribution in [0.25, 0.3) is 0 Å². The second kappa shape index (κ2) is 5.70. The van der Waals surface area contributed by atoms with Crippen molar-refractivity contribution >= 4 is 17.4 Å². The summed E-state index contributed by atoms with van der Waals surface area (Å²) in [5.41, 5.74) is 3.38. The fourth-order valence-corrected chi connectivity index (χ4v) is 3.12. The molecule has 0 radical (unpaired) electrons. The molecule has 0 unspecified atom stereocenters. The first-order chi connectivity index (χ1) is 9.75. The Morgan fingerprint density at radius 2 is 2.30 bits per heavy atom. The molecule has 6 nitrogen and oxygen atoms in total. The second-order valence-corrected chi connectivity index (χ2v) is 5.74. The lowest BCUT2D eigenvalue weighted by molar-refractivity contribution is 0.0955. The maximum absolute atomic E-state index is 11.9. The third kappa shape index (κ3) is 2.58. The highest BCUT2D eigenvalue weighted by Crippen LogP contribution is 2.20. The van der Waals surface area contributed by atoms with Gasteiger partial charge >= 0.3 is 0 Å². The molecule has 1 amide bonds. The molecule has 0 bridgehead atoms. The standard InChI is InChI=1S/C13H17N5OS/c1-9-12(20-17-16-9)13(19)14-6-7-18-11-5-3-2-4-10(11)8-15-18/h8H,2-7H2,1H3,(H,14,19). The van der Waals surface area contributed by atoms with Gasteiger partial charge in [0.05, 0.1) is 18.4 Å². The predicted molar refractivity (Wildman–Crippen MR) is 75.8 cm³/mol. The van der Waals surface area contributed by atoms with Crippen molar-refractivity contribution < 1.29 is 4.79 Å². The molecule has 3 rings (SSSR count). The number of carbonyl (C=O) groups excluding carboxylic acids is 1. The summed E-state index contributed by atoms with van der Waals surface area (Å²) in [6.45, 7) is 3.08. The number of hydrogen-bond donors (Lipinski definition) is 1. The number of amides is 1. The van der Waals surface area contributed by atoms with E-state index >= 15 is 0 Å². The van der Waals surface area contributed by atoms with Crippen LogP contribution in [-0.2, 0) is 19.4 Å². The molecule has 0 saturated carbocycles. The van der Waals surface area contributed by atoms with E-state index in [1.165, 1.54) is 24.1 Å². The van der Waals surface area contributed by atoms with E-state index in [2.05, 4.69) is 20.0 Å². The van der Waals surface area contributed by atoms with Crippen LogP contribution in [0.1, 0.15) is 39.5 Å². The van der Waals surface area contributed by atoms with Gasteiger partial charge in [0.15, 0.2) is 0 Å². The molecular weight excluding hydrogens is 274 g/mol. The maximum atomic E-state index is 11.9. The van der Waals surface area contributed by atoms with Crippen molar-refractivity contribution in [2.75, 3.05) is 6.54 Å². The van der Waals surface area contributed by atoms with Crippen LogP contribution in [0, 0.1) is 6.92 Å². The number of carbonyl (C=O) groups is 1. The van der Waals surface area contributed by atoms with Crippen LogP contribution in [0.3, 0.4) is 0 Å². The summed E-state index contributed by atoms with van der Waals surface area (Å²) < 4.78 is 5.79. The zero-order valence-electron chi connectivity index (χ0n) is 11.4. The lowest BCUT2D eigenvalue weighted by Crippen LogP contribution is -2.28. The number of aromatic nitrogens is 4. The molecule has 1 aliphatic carbocycles. The smallest absolute Gasteiger partial charge is 0.265 e. The molecule has 0 aromatic carbocycles. The zero-order chi connectivity index (χ0) is 13.9. The summed E-state index contributed by atoms with van der Waals surface area (Å²) in [5.74, 6) is -0.0986. The number of nitrogens with zero attached hydrogens (tertiary/aromatic N) is 4. The molecule has 0 atom stereocenters. The monoisotopic (exact) mass is 291 g/mol. The van der Waals surface area contributed by atoms with Crippen LogP contribution in [-0.4, -0.2) is 31.8 Å². The highest BCUT2D eigenvalue weighted by Gasteiger charge is 2.16. The van der Waals surface area contributed by atoms with Crippen molar-refractivity contribution in [3.8, 4) is 0 Å². The molecule has 0 fully saturated rings. The summed E-state index contributed by atoms with van der Waals surface area (Å²) in [7, 11) is 0. The van der Waals surface area contributed by atoms with Gasteiger partial charge in [-0.05, 0) is 49.7 Å².